The average Bonchev–Trinajstić information content (AvgIpc) is 2.27. The normalized spacial score (nSPS) is 16.6. The lowest BCUT2D eigenvalue weighted by Crippen LogP contribution is -2.28. The molecule has 0 spiro atoms. The van der Waals surface area contributed by atoms with Gasteiger partial charge in [-0.25, -0.2) is 0 Å². The van der Waals surface area contributed by atoms with E-state index in [4.69, 9.17) is 9.79 Å². The first-order valence-electron chi connectivity index (χ1n) is 4.51. The Bertz CT molecular complexity index is 468. The zero-order valence-corrected chi connectivity index (χ0v) is 10.9. The highest BCUT2D eigenvalue weighted by Crippen LogP contribution is 2.39. The SMILES string of the molecule is O=[P+](O)OC(O)(OPO)c1cccc(C(F)(F)F)c1. The van der Waals surface area contributed by atoms with Gasteiger partial charge < -0.3 is 10.00 Å². The summed E-state index contributed by atoms with van der Waals surface area (Å²) in [6.07, 6.45) is -4.68. The van der Waals surface area contributed by atoms with Crippen molar-refractivity contribution in [3.8, 4) is 0 Å². The van der Waals surface area contributed by atoms with Gasteiger partial charge in [-0.2, -0.15) is 13.2 Å². The van der Waals surface area contributed by atoms with E-state index in [1.165, 1.54) is 0 Å². The monoisotopic (exact) mass is 319 g/mol. The fourth-order valence-electron chi connectivity index (χ4n) is 1.19. The Morgan fingerprint density at radius 2 is 1.84 bits per heavy atom. The average molecular weight is 319 g/mol. The number of rotatable bonds is 5. The first kappa shape index (κ1) is 16.4. The first-order valence-corrected chi connectivity index (χ1v) is 6.50. The van der Waals surface area contributed by atoms with Crippen LogP contribution < -0.4 is 0 Å². The highest BCUT2D eigenvalue weighted by Gasteiger charge is 2.43. The summed E-state index contributed by atoms with van der Waals surface area (Å²) >= 11 is 0. The molecule has 0 fully saturated rings. The van der Waals surface area contributed by atoms with Crippen LogP contribution in [0.15, 0.2) is 24.3 Å². The molecule has 0 aliphatic carbocycles. The molecule has 3 N–H and O–H groups in total. The first-order chi connectivity index (χ1) is 8.69. The fraction of sp³-hybridized carbons (Fsp3) is 0.250. The van der Waals surface area contributed by atoms with Crippen molar-refractivity contribution in [3.05, 3.63) is 35.4 Å². The van der Waals surface area contributed by atoms with Gasteiger partial charge in [-0.15, -0.1) is 4.89 Å². The molecule has 0 saturated heterocycles. The van der Waals surface area contributed by atoms with E-state index in [0.717, 1.165) is 18.2 Å². The molecule has 0 aromatic heterocycles. The number of aliphatic hydroxyl groups is 1. The van der Waals surface area contributed by atoms with Gasteiger partial charge in [-0.1, -0.05) is 12.1 Å². The molecule has 0 bridgehead atoms. The van der Waals surface area contributed by atoms with Crippen LogP contribution in [0.1, 0.15) is 11.1 Å². The molecule has 0 radical (unpaired) electrons. The molecule has 0 amide bonds. The maximum atomic E-state index is 12.5. The molecular formula is C8H8F3O6P2+. The lowest BCUT2D eigenvalue weighted by atomic mass is 10.1. The molecule has 1 aromatic rings. The summed E-state index contributed by atoms with van der Waals surface area (Å²) < 4.78 is 56.4. The van der Waals surface area contributed by atoms with Gasteiger partial charge in [0, 0.05) is 10.1 Å². The van der Waals surface area contributed by atoms with Crippen LogP contribution in [0, 0.1) is 0 Å². The molecule has 3 atom stereocenters. The Hall–Kier alpha value is -0.660. The molecule has 106 valence electrons. The van der Waals surface area contributed by atoms with Crippen molar-refractivity contribution < 1.29 is 41.7 Å². The van der Waals surface area contributed by atoms with Crippen LogP contribution in [0.25, 0.3) is 0 Å². The summed E-state index contributed by atoms with van der Waals surface area (Å²) in [7, 11) is -4.75. The molecule has 0 saturated carbocycles. The third-order valence-corrected chi connectivity index (χ3v) is 2.71. The lowest BCUT2D eigenvalue weighted by Gasteiger charge is -2.20. The van der Waals surface area contributed by atoms with E-state index >= 15 is 0 Å². The van der Waals surface area contributed by atoms with E-state index in [9.17, 15) is 22.8 Å². The lowest BCUT2D eigenvalue weighted by molar-refractivity contribution is -0.282. The van der Waals surface area contributed by atoms with Crippen LogP contribution >= 0.6 is 17.3 Å². The van der Waals surface area contributed by atoms with Gasteiger partial charge in [0.2, 0.25) is 0 Å². The minimum atomic E-state index is -4.68. The highest BCUT2D eigenvalue weighted by molar-refractivity contribution is 7.32. The Kier molecular flexibility index (Phi) is 5.34. The van der Waals surface area contributed by atoms with E-state index in [1.54, 1.807) is 0 Å². The summed E-state index contributed by atoms with van der Waals surface area (Å²) in [5.41, 5.74) is -1.70. The number of halogens is 3. The zero-order valence-electron chi connectivity index (χ0n) is 8.96. The third-order valence-electron chi connectivity index (χ3n) is 1.94. The smallest absolute Gasteiger partial charge is 0.352 e. The summed E-state index contributed by atoms with van der Waals surface area (Å²) in [6, 6.07) is 3.12. The summed E-state index contributed by atoms with van der Waals surface area (Å²) in [6.45, 7) is 0. The second-order valence-corrected chi connectivity index (χ2v) is 4.23. The van der Waals surface area contributed by atoms with Crippen LogP contribution in [-0.2, 0) is 25.8 Å². The van der Waals surface area contributed by atoms with Gasteiger partial charge in [0.25, 0.3) is 0 Å². The largest absolute Gasteiger partial charge is 0.700 e. The van der Waals surface area contributed by atoms with E-state index < -0.39 is 40.6 Å². The number of hydrogen-bond acceptors (Lipinski definition) is 5. The summed E-state index contributed by atoms with van der Waals surface area (Å²) in [4.78, 5) is 17.1. The molecule has 0 aliphatic rings. The number of alkyl halides is 3. The molecule has 1 rings (SSSR count). The van der Waals surface area contributed by atoms with Gasteiger partial charge >= 0.3 is 20.4 Å². The van der Waals surface area contributed by atoms with Gasteiger partial charge in [0.15, 0.2) is 9.03 Å². The maximum Gasteiger partial charge on any atom is 0.700 e. The van der Waals surface area contributed by atoms with Gasteiger partial charge in [0.1, 0.15) is 0 Å². The van der Waals surface area contributed by atoms with Gasteiger partial charge in [-0.3, -0.25) is 4.52 Å². The van der Waals surface area contributed by atoms with Crippen molar-refractivity contribution >= 4 is 17.3 Å². The second-order valence-electron chi connectivity index (χ2n) is 3.18. The molecule has 1 aromatic carbocycles. The van der Waals surface area contributed by atoms with E-state index in [1.807, 2.05) is 0 Å². The molecule has 3 unspecified atom stereocenters. The summed E-state index contributed by atoms with van der Waals surface area (Å²) in [5, 5.41) is 9.73. The number of hydrogen-bond donors (Lipinski definition) is 3. The van der Waals surface area contributed by atoms with Crippen LogP contribution in [0.5, 0.6) is 0 Å². The van der Waals surface area contributed by atoms with Crippen LogP contribution in [-0.4, -0.2) is 14.9 Å². The van der Waals surface area contributed by atoms with Crippen molar-refractivity contribution in [2.24, 2.45) is 0 Å². The minimum Gasteiger partial charge on any atom is -0.352 e. The van der Waals surface area contributed by atoms with Crippen molar-refractivity contribution in [1.82, 2.24) is 0 Å². The van der Waals surface area contributed by atoms with E-state index in [0.29, 0.717) is 6.07 Å². The van der Waals surface area contributed by atoms with Crippen molar-refractivity contribution in [2.75, 3.05) is 0 Å². The number of benzene rings is 1. The highest BCUT2D eigenvalue weighted by atomic mass is 31.1. The van der Waals surface area contributed by atoms with Crippen LogP contribution in [0.2, 0.25) is 0 Å². The fourth-order valence-corrected chi connectivity index (χ4v) is 1.90. The van der Waals surface area contributed by atoms with Crippen LogP contribution in [0.4, 0.5) is 13.2 Å². The third kappa shape index (κ3) is 4.43. The second kappa shape index (κ2) is 6.19. The topological polar surface area (TPSA) is 96.2 Å². The van der Waals surface area contributed by atoms with Gasteiger partial charge in [-0.05, 0) is 16.7 Å². The maximum absolute atomic E-state index is 12.5. The molecule has 11 heteroatoms. The van der Waals surface area contributed by atoms with E-state index in [-0.39, 0.29) is 0 Å². The predicted octanol–water partition coefficient (Wildman–Crippen LogP) is 1.99. The van der Waals surface area contributed by atoms with Crippen molar-refractivity contribution in [1.29, 1.82) is 0 Å². The van der Waals surface area contributed by atoms with Gasteiger partial charge in [0.05, 0.1) is 5.56 Å². The predicted molar refractivity (Wildman–Crippen MR) is 57.9 cm³/mol. The van der Waals surface area contributed by atoms with E-state index in [2.05, 4.69) is 9.05 Å². The molecule has 0 aliphatic heterocycles. The Morgan fingerprint density at radius 3 is 2.32 bits per heavy atom. The molecule has 6 nitrogen and oxygen atoms in total. The Balaban J connectivity index is 3.20. The zero-order chi connectivity index (χ0) is 14.7. The Morgan fingerprint density at radius 1 is 1.26 bits per heavy atom. The standard InChI is InChI=1S/C8H7F3O6P2/c9-7(10,11)5-2-1-3-6(4-5)8(12,16-18-13)17-19(14)15/h1-4,12-13,18H/p+1. The van der Waals surface area contributed by atoms with Crippen LogP contribution in [0.3, 0.4) is 0 Å². The quantitative estimate of drug-likeness (QED) is 0.567. The minimum absolute atomic E-state index is 0.471. The van der Waals surface area contributed by atoms with Crippen molar-refractivity contribution in [2.45, 2.75) is 12.1 Å². The molecular weight excluding hydrogens is 311 g/mol. The van der Waals surface area contributed by atoms with Crippen molar-refractivity contribution in [3.63, 3.8) is 0 Å². The molecule has 19 heavy (non-hydrogen) atoms. The Labute approximate surface area is 107 Å². The molecule has 0 heterocycles. The summed E-state index contributed by atoms with van der Waals surface area (Å²) in [5.74, 6) is -2.95.